The third kappa shape index (κ3) is 4.14. The maximum absolute atomic E-state index is 12.6. The molecular formula is C21H18BrNO5. The molecule has 6 nitrogen and oxygen atoms in total. The van der Waals surface area contributed by atoms with Crippen molar-refractivity contribution in [3.05, 3.63) is 76.2 Å². The van der Waals surface area contributed by atoms with E-state index in [0.29, 0.717) is 18.1 Å². The summed E-state index contributed by atoms with van der Waals surface area (Å²) in [6.45, 7) is 0.909. The highest BCUT2D eigenvalue weighted by molar-refractivity contribution is 9.10. The third-order valence-electron chi connectivity index (χ3n) is 4.27. The number of benzene rings is 2. The van der Waals surface area contributed by atoms with E-state index in [4.69, 9.17) is 18.6 Å². The summed E-state index contributed by atoms with van der Waals surface area (Å²) in [5.41, 5.74) is 0.949. The maximum Gasteiger partial charge on any atom is 0.289 e. The fraction of sp³-hybridized carbons (Fsp3) is 0.190. The molecule has 0 saturated heterocycles. The highest BCUT2D eigenvalue weighted by atomic mass is 79.9. The highest BCUT2D eigenvalue weighted by Crippen LogP contribution is 2.32. The first kappa shape index (κ1) is 18.4. The van der Waals surface area contributed by atoms with Crippen molar-refractivity contribution in [2.24, 2.45) is 0 Å². The minimum absolute atomic E-state index is 0.201. The second-order valence-electron chi connectivity index (χ2n) is 6.36. The molecule has 1 amide bonds. The lowest BCUT2D eigenvalue weighted by Crippen LogP contribution is -2.25. The topological polar surface area (TPSA) is 61.1 Å². The fourth-order valence-electron chi connectivity index (χ4n) is 2.83. The molecule has 0 radical (unpaired) electrons. The molecule has 0 aliphatic carbocycles. The molecule has 7 heteroatoms. The Bertz CT molecular complexity index is 983. The van der Waals surface area contributed by atoms with Gasteiger partial charge in [-0.15, -0.1) is 0 Å². The molecule has 2 heterocycles. The van der Waals surface area contributed by atoms with Crippen molar-refractivity contribution in [2.45, 2.75) is 13.2 Å². The van der Waals surface area contributed by atoms with Crippen LogP contribution in [0.5, 0.6) is 17.2 Å². The summed E-state index contributed by atoms with van der Waals surface area (Å²) >= 11 is 3.38. The van der Waals surface area contributed by atoms with Crippen molar-refractivity contribution >= 4 is 21.8 Å². The number of nitrogens with zero attached hydrogens (tertiary/aromatic N) is 1. The van der Waals surface area contributed by atoms with Crippen LogP contribution in [0.3, 0.4) is 0 Å². The van der Waals surface area contributed by atoms with Crippen LogP contribution < -0.4 is 14.2 Å². The molecule has 1 aliphatic heterocycles. The Hall–Kier alpha value is -2.93. The lowest BCUT2D eigenvalue weighted by Gasteiger charge is -2.16. The van der Waals surface area contributed by atoms with Gasteiger partial charge in [-0.1, -0.05) is 22.0 Å². The Balaban J connectivity index is 1.36. The molecule has 0 atom stereocenters. The molecule has 28 heavy (non-hydrogen) atoms. The Labute approximate surface area is 170 Å². The third-order valence-corrected chi connectivity index (χ3v) is 4.80. The summed E-state index contributed by atoms with van der Waals surface area (Å²) in [5.74, 6) is 2.81. The van der Waals surface area contributed by atoms with Gasteiger partial charge in [0, 0.05) is 18.1 Å². The number of hydrogen-bond acceptors (Lipinski definition) is 5. The van der Waals surface area contributed by atoms with E-state index in [0.717, 1.165) is 21.5 Å². The number of hydrogen-bond donors (Lipinski definition) is 0. The van der Waals surface area contributed by atoms with Crippen LogP contribution in [0.4, 0.5) is 0 Å². The number of rotatable bonds is 6. The molecule has 4 rings (SSSR count). The normalized spacial score (nSPS) is 12.1. The molecule has 0 unspecified atom stereocenters. The van der Waals surface area contributed by atoms with Crippen molar-refractivity contribution in [3.8, 4) is 17.2 Å². The second kappa shape index (κ2) is 7.98. The van der Waals surface area contributed by atoms with Crippen LogP contribution in [0.15, 0.2) is 63.5 Å². The van der Waals surface area contributed by atoms with Crippen molar-refractivity contribution < 1.29 is 23.4 Å². The van der Waals surface area contributed by atoms with Crippen LogP contribution in [0.25, 0.3) is 0 Å². The smallest absolute Gasteiger partial charge is 0.289 e. The molecular weight excluding hydrogens is 426 g/mol. The lowest BCUT2D eigenvalue weighted by atomic mass is 10.2. The first-order valence-corrected chi connectivity index (χ1v) is 9.49. The van der Waals surface area contributed by atoms with Gasteiger partial charge >= 0.3 is 0 Å². The molecule has 3 aromatic rings. The highest BCUT2D eigenvalue weighted by Gasteiger charge is 2.18. The van der Waals surface area contributed by atoms with Crippen molar-refractivity contribution in [3.63, 3.8) is 0 Å². The number of carbonyl (C=O) groups is 1. The van der Waals surface area contributed by atoms with Gasteiger partial charge in [0.05, 0.1) is 0 Å². The van der Waals surface area contributed by atoms with E-state index < -0.39 is 0 Å². The number of halogens is 1. The van der Waals surface area contributed by atoms with E-state index in [-0.39, 0.29) is 25.1 Å². The number of furan rings is 1. The summed E-state index contributed by atoms with van der Waals surface area (Å²) < 4.78 is 23.0. The van der Waals surface area contributed by atoms with E-state index in [1.165, 1.54) is 0 Å². The van der Waals surface area contributed by atoms with Gasteiger partial charge in [0.25, 0.3) is 5.91 Å². The van der Waals surface area contributed by atoms with Crippen molar-refractivity contribution in [1.82, 2.24) is 4.90 Å². The molecule has 0 fully saturated rings. The van der Waals surface area contributed by atoms with Crippen LogP contribution in [0.2, 0.25) is 0 Å². The summed E-state index contributed by atoms with van der Waals surface area (Å²) in [5, 5.41) is 0. The van der Waals surface area contributed by atoms with E-state index in [1.54, 1.807) is 24.1 Å². The first-order valence-electron chi connectivity index (χ1n) is 8.69. The predicted molar refractivity (Wildman–Crippen MR) is 106 cm³/mol. The van der Waals surface area contributed by atoms with Crippen LogP contribution >= 0.6 is 15.9 Å². The molecule has 0 saturated carbocycles. The minimum Gasteiger partial charge on any atom is -0.486 e. The number of amides is 1. The first-order chi connectivity index (χ1) is 13.6. The van der Waals surface area contributed by atoms with E-state index >= 15 is 0 Å². The fourth-order valence-corrected chi connectivity index (χ4v) is 3.09. The number of fused-ring (bicyclic) bond motifs is 1. The van der Waals surface area contributed by atoms with Gasteiger partial charge in [0.15, 0.2) is 17.3 Å². The summed E-state index contributed by atoms with van der Waals surface area (Å²) in [4.78, 5) is 14.2. The van der Waals surface area contributed by atoms with E-state index in [2.05, 4.69) is 15.9 Å². The zero-order chi connectivity index (χ0) is 19.5. The Morgan fingerprint density at radius 1 is 1.07 bits per heavy atom. The van der Waals surface area contributed by atoms with E-state index in [9.17, 15) is 4.79 Å². The second-order valence-corrected chi connectivity index (χ2v) is 7.27. The van der Waals surface area contributed by atoms with E-state index in [1.807, 2.05) is 42.5 Å². The molecule has 0 spiro atoms. The Kier molecular flexibility index (Phi) is 5.25. The lowest BCUT2D eigenvalue weighted by molar-refractivity contribution is 0.0749. The van der Waals surface area contributed by atoms with Gasteiger partial charge in [-0.2, -0.15) is 0 Å². The molecule has 1 aliphatic rings. The number of carbonyl (C=O) groups excluding carboxylic acids is 1. The molecule has 144 valence electrons. The van der Waals surface area contributed by atoms with Gasteiger partial charge in [0.2, 0.25) is 6.79 Å². The zero-order valence-electron chi connectivity index (χ0n) is 15.2. The summed E-state index contributed by atoms with van der Waals surface area (Å²) in [6, 6.07) is 16.6. The van der Waals surface area contributed by atoms with Gasteiger partial charge in [0.1, 0.15) is 18.1 Å². The average Bonchev–Trinajstić information content (AvgIpc) is 3.36. The maximum atomic E-state index is 12.6. The molecule has 1 aromatic heterocycles. The predicted octanol–water partition coefficient (Wildman–Crippen LogP) is 4.62. The van der Waals surface area contributed by atoms with Crippen LogP contribution in [-0.4, -0.2) is 24.6 Å². The number of ether oxygens (including phenoxy) is 3. The zero-order valence-corrected chi connectivity index (χ0v) is 16.8. The van der Waals surface area contributed by atoms with Gasteiger partial charge in [-0.25, -0.2) is 0 Å². The van der Waals surface area contributed by atoms with Crippen molar-refractivity contribution in [2.75, 3.05) is 13.8 Å². The Morgan fingerprint density at radius 2 is 1.86 bits per heavy atom. The summed E-state index contributed by atoms with van der Waals surface area (Å²) in [6.07, 6.45) is 0. The monoisotopic (exact) mass is 443 g/mol. The standard InChI is InChI=1S/C21H18BrNO5/c1-23(11-14-2-8-18-20(10-14)27-13-26-18)21(24)19-9-7-17(28-19)12-25-16-5-3-15(22)4-6-16/h2-10H,11-13H2,1H3. The quantitative estimate of drug-likeness (QED) is 0.555. The van der Waals surface area contributed by atoms with Gasteiger partial charge < -0.3 is 23.5 Å². The van der Waals surface area contributed by atoms with Gasteiger partial charge in [-0.05, 0) is 54.1 Å². The summed E-state index contributed by atoms with van der Waals surface area (Å²) in [7, 11) is 1.73. The van der Waals surface area contributed by atoms with Gasteiger partial charge in [-0.3, -0.25) is 4.79 Å². The average molecular weight is 444 g/mol. The Morgan fingerprint density at radius 3 is 2.68 bits per heavy atom. The minimum atomic E-state index is -0.201. The molecule has 2 aromatic carbocycles. The van der Waals surface area contributed by atoms with Crippen molar-refractivity contribution in [1.29, 1.82) is 0 Å². The van der Waals surface area contributed by atoms with Crippen LogP contribution in [0.1, 0.15) is 21.9 Å². The molecule has 0 N–H and O–H groups in total. The SMILES string of the molecule is CN(Cc1ccc2c(c1)OCO2)C(=O)c1ccc(COc2ccc(Br)cc2)o1. The largest absolute Gasteiger partial charge is 0.486 e. The van der Waals surface area contributed by atoms with Crippen LogP contribution in [-0.2, 0) is 13.2 Å². The van der Waals surface area contributed by atoms with Crippen LogP contribution in [0, 0.1) is 0 Å². The molecule has 0 bridgehead atoms.